The van der Waals surface area contributed by atoms with E-state index in [2.05, 4.69) is 6.92 Å². The molecule has 0 saturated heterocycles. The third-order valence-corrected chi connectivity index (χ3v) is 5.49. The number of ether oxygens (including phenoxy) is 1. The Balaban J connectivity index is 1.94. The molecule has 0 aliphatic rings. The summed E-state index contributed by atoms with van der Waals surface area (Å²) in [4.78, 5) is 26.4. The highest BCUT2D eigenvalue weighted by Crippen LogP contribution is 2.26. The molecule has 31 heavy (non-hydrogen) atoms. The summed E-state index contributed by atoms with van der Waals surface area (Å²) in [5, 5.41) is 0. The Kier molecular flexibility index (Phi) is 8.17. The second-order valence-corrected chi connectivity index (χ2v) is 7.75. The van der Waals surface area contributed by atoms with Crippen molar-refractivity contribution in [3.63, 3.8) is 0 Å². The second kappa shape index (κ2) is 11.3. The third kappa shape index (κ3) is 5.91. The summed E-state index contributed by atoms with van der Waals surface area (Å²) < 4.78 is 5.81. The average Bonchev–Trinajstić information content (AvgIpc) is 2.83. The predicted molar refractivity (Wildman–Crippen MR) is 125 cm³/mol. The Morgan fingerprint density at radius 2 is 1.45 bits per heavy atom. The molecule has 3 heteroatoms. The fraction of sp³-hybridized carbons (Fsp3) is 0.286. The van der Waals surface area contributed by atoms with Crippen molar-refractivity contribution < 1.29 is 14.3 Å². The fourth-order valence-electron chi connectivity index (χ4n) is 3.65. The molecule has 3 rings (SSSR count). The minimum atomic E-state index is -0.428. The summed E-state index contributed by atoms with van der Waals surface area (Å²) in [5.41, 5.74) is 3.14. The van der Waals surface area contributed by atoms with E-state index >= 15 is 0 Å². The highest BCUT2D eigenvalue weighted by molar-refractivity contribution is 6.15. The minimum Gasteiger partial charge on any atom is -0.459 e. The third-order valence-electron chi connectivity index (χ3n) is 5.49. The molecule has 3 aromatic rings. The van der Waals surface area contributed by atoms with E-state index in [1.807, 2.05) is 61.5 Å². The van der Waals surface area contributed by atoms with E-state index in [9.17, 15) is 9.59 Å². The lowest BCUT2D eigenvalue weighted by Crippen LogP contribution is -2.20. The van der Waals surface area contributed by atoms with Crippen LogP contribution in [0.5, 0.6) is 0 Å². The van der Waals surface area contributed by atoms with Gasteiger partial charge in [-0.05, 0) is 42.5 Å². The molecule has 0 amide bonds. The molecule has 0 spiro atoms. The monoisotopic (exact) mass is 414 g/mol. The highest BCUT2D eigenvalue weighted by Gasteiger charge is 2.22. The summed E-state index contributed by atoms with van der Waals surface area (Å²) in [7, 11) is 0. The molecule has 1 atom stereocenters. The molecule has 0 bridgehead atoms. The Bertz CT molecular complexity index is 993. The first-order valence-corrected chi connectivity index (χ1v) is 11.1. The number of hydrogen-bond donors (Lipinski definition) is 0. The van der Waals surface area contributed by atoms with Gasteiger partial charge in [0.15, 0.2) is 5.78 Å². The number of ketones is 1. The van der Waals surface area contributed by atoms with Crippen LogP contribution in [0.1, 0.15) is 72.2 Å². The Labute approximate surface area is 185 Å². The zero-order valence-corrected chi connectivity index (χ0v) is 18.3. The first kappa shape index (κ1) is 22.5. The van der Waals surface area contributed by atoms with Crippen molar-refractivity contribution in [3.8, 4) is 11.1 Å². The lowest BCUT2D eigenvalue weighted by atomic mass is 9.94. The molecular weight excluding hydrogens is 384 g/mol. The van der Waals surface area contributed by atoms with Crippen LogP contribution in [0.25, 0.3) is 11.1 Å². The SMILES string of the molecule is CCCCCC(CC)OC(=O)c1ccc(-c2ccccc2)cc1C(=O)c1ccccc1. The normalized spacial score (nSPS) is 11.7. The van der Waals surface area contributed by atoms with Crippen LogP contribution in [0.15, 0.2) is 78.9 Å². The van der Waals surface area contributed by atoms with Gasteiger partial charge in [0.25, 0.3) is 0 Å². The molecule has 0 N–H and O–H groups in total. The maximum Gasteiger partial charge on any atom is 0.339 e. The molecule has 3 nitrogen and oxygen atoms in total. The van der Waals surface area contributed by atoms with Crippen molar-refractivity contribution in [1.29, 1.82) is 0 Å². The molecule has 0 saturated carbocycles. The molecule has 1 unspecified atom stereocenters. The van der Waals surface area contributed by atoms with Gasteiger partial charge in [0.05, 0.1) is 5.56 Å². The van der Waals surface area contributed by atoms with Crippen LogP contribution in [0.4, 0.5) is 0 Å². The van der Waals surface area contributed by atoms with Gasteiger partial charge < -0.3 is 4.74 Å². The van der Waals surface area contributed by atoms with Gasteiger partial charge in [-0.3, -0.25) is 4.79 Å². The van der Waals surface area contributed by atoms with Crippen LogP contribution in [0.3, 0.4) is 0 Å². The van der Waals surface area contributed by atoms with Crippen molar-refractivity contribution in [3.05, 3.63) is 95.6 Å². The molecule has 0 radical (unpaired) electrons. The first-order chi connectivity index (χ1) is 15.1. The summed E-state index contributed by atoms with van der Waals surface area (Å²) >= 11 is 0. The number of unbranched alkanes of at least 4 members (excludes halogenated alkanes) is 2. The molecule has 0 heterocycles. The molecule has 0 aromatic heterocycles. The maximum absolute atomic E-state index is 13.3. The smallest absolute Gasteiger partial charge is 0.339 e. The summed E-state index contributed by atoms with van der Waals surface area (Å²) in [6.45, 7) is 4.18. The van der Waals surface area contributed by atoms with Crippen LogP contribution < -0.4 is 0 Å². The topological polar surface area (TPSA) is 43.4 Å². The van der Waals surface area contributed by atoms with Crippen molar-refractivity contribution in [2.45, 2.75) is 52.1 Å². The van der Waals surface area contributed by atoms with Crippen molar-refractivity contribution in [2.75, 3.05) is 0 Å². The van der Waals surface area contributed by atoms with Gasteiger partial charge >= 0.3 is 5.97 Å². The van der Waals surface area contributed by atoms with Crippen molar-refractivity contribution >= 4 is 11.8 Å². The highest BCUT2D eigenvalue weighted by atomic mass is 16.5. The minimum absolute atomic E-state index is 0.132. The van der Waals surface area contributed by atoms with Crippen molar-refractivity contribution in [2.24, 2.45) is 0 Å². The van der Waals surface area contributed by atoms with Crippen molar-refractivity contribution in [1.82, 2.24) is 0 Å². The van der Waals surface area contributed by atoms with Gasteiger partial charge in [-0.1, -0.05) is 93.4 Å². The van der Waals surface area contributed by atoms with Crippen LogP contribution in [0.2, 0.25) is 0 Å². The quantitative estimate of drug-likeness (QED) is 0.202. The summed E-state index contributed by atoms with van der Waals surface area (Å²) in [6.07, 6.45) is 4.76. The lowest BCUT2D eigenvalue weighted by Gasteiger charge is -2.18. The van der Waals surface area contributed by atoms with Gasteiger partial charge in [0.2, 0.25) is 0 Å². The molecule has 160 valence electrons. The van der Waals surface area contributed by atoms with E-state index in [4.69, 9.17) is 4.74 Å². The molecule has 0 fully saturated rings. The standard InChI is InChI=1S/C28H30O3/c1-3-5-8-17-24(4-2)31-28(30)25-19-18-23(21-13-9-6-10-14-21)20-26(25)27(29)22-15-11-7-12-16-22/h6-7,9-16,18-20,24H,3-5,8,17H2,1-2H3. The Hall–Kier alpha value is -3.20. The molecule has 0 aliphatic heterocycles. The molecule has 0 aliphatic carbocycles. The summed E-state index contributed by atoms with van der Waals surface area (Å²) in [6, 6.07) is 24.3. The van der Waals surface area contributed by atoms with E-state index in [1.165, 1.54) is 0 Å². The summed E-state index contributed by atoms with van der Waals surface area (Å²) in [5.74, 6) is -0.605. The van der Waals surface area contributed by atoms with Crippen LogP contribution in [-0.4, -0.2) is 17.9 Å². The predicted octanol–water partition coefficient (Wildman–Crippen LogP) is 7.10. The zero-order chi connectivity index (χ0) is 22.1. The van der Waals surface area contributed by atoms with Gasteiger partial charge in [0.1, 0.15) is 6.10 Å². The van der Waals surface area contributed by atoms with Crippen LogP contribution in [-0.2, 0) is 4.74 Å². The van der Waals surface area contributed by atoms with Gasteiger partial charge in [-0.2, -0.15) is 0 Å². The average molecular weight is 415 g/mol. The van der Waals surface area contributed by atoms with E-state index in [1.54, 1.807) is 24.3 Å². The number of carbonyl (C=O) groups is 2. The number of carbonyl (C=O) groups excluding carboxylic acids is 2. The Morgan fingerprint density at radius 1 is 0.774 bits per heavy atom. The van der Waals surface area contributed by atoms with Crippen LogP contribution >= 0.6 is 0 Å². The Morgan fingerprint density at radius 3 is 2.10 bits per heavy atom. The number of esters is 1. The van der Waals surface area contributed by atoms with E-state index in [0.717, 1.165) is 43.2 Å². The second-order valence-electron chi connectivity index (χ2n) is 7.75. The van der Waals surface area contributed by atoms with E-state index in [-0.39, 0.29) is 11.9 Å². The number of benzene rings is 3. The maximum atomic E-state index is 13.3. The molecule has 3 aromatic carbocycles. The fourth-order valence-corrected chi connectivity index (χ4v) is 3.65. The van der Waals surface area contributed by atoms with Gasteiger partial charge in [-0.25, -0.2) is 4.79 Å². The van der Waals surface area contributed by atoms with Gasteiger partial charge in [0, 0.05) is 11.1 Å². The first-order valence-electron chi connectivity index (χ1n) is 11.1. The number of hydrogen-bond acceptors (Lipinski definition) is 3. The van der Waals surface area contributed by atoms with Gasteiger partial charge in [-0.15, -0.1) is 0 Å². The van der Waals surface area contributed by atoms with E-state index < -0.39 is 5.97 Å². The lowest BCUT2D eigenvalue weighted by molar-refractivity contribution is 0.0265. The van der Waals surface area contributed by atoms with E-state index in [0.29, 0.717) is 16.7 Å². The molecular formula is C28H30O3. The van der Waals surface area contributed by atoms with Crippen LogP contribution in [0, 0.1) is 0 Å². The zero-order valence-electron chi connectivity index (χ0n) is 18.3. The largest absolute Gasteiger partial charge is 0.459 e. The number of rotatable bonds is 10.